The lowest BCUT2D eigenvalue weighted by Crippen LogP contribution is -2.25. The minimum atomic E-state index is -0.508. The van der Waals surface area contributed by atoms with E-state index < -0.39 is 5.82 Å². The summed E-state index contributed by atoms with van der Waals surface area (Å²) in [7, 11) is 4.56. The number of carbonyl (C=O) groups is 1. The predicted molar refractivity (Wildman–Crippen MR) is 93.1 cm³/mol. The molecule has 0 aliphatic carbocycles. The van der Waals surface area contributed by atoms with Crippen LogP contribution in [0.25, 0.3) is 0 Å². The van der Waals surface area contributed by atoms with Gasteiger partial charge in [-0.05, 0) is 18.2 Å². The third-order valence-electron chi connectivity index (χ3n) is 3.66. The molecule has 0 heterocycles. The third-order valence-corrected chi connectivity index (χ3v) is 4.02. The average Bonchev–Trinajstić information content (AvgIpc) is 2.62. The largest absolute Gasteiger partial charge is 0.496 e. The lowest BCUT2D eigenvalue weighted by atomic mass is 10.1. The zero-order valence-corrected chi connectivity index (χ0v) is 14.9. The highest BCUT2D eigenvalue weighted by Crippen LogP contribution is 2.34. The van der Waals surface area contributed by atoms with E-state index in [0.717, 1.165) is 0 Å². The fourth-order valence-electron chi connectivity index (χ4n) is 2.35. The monoisotopic (exact) mass is 367 g/mol. The zero-order valence-electron chi connectivity index (χ0n) is 14.2. The number of amides is 1. The number of hydrogen-bond acceptors (Lipinski definition) is 4. The molecule has 2 aromatic carbocycles. The van der Waals surface area contributed by atoms with Crippen molar-refractivity contribution >= 4 is 17.5 Å². The molecule has 0 aliphatic heterocycles. The average molecular weight is 368 g/mol. The van der Waals surface area contributed by atoms with Crippen LogP contribution in [0.2, 0.25) is 5.02 Å². The van der Waals surface area contributed by atoms with Crippen LogP contribution in [-0.4, -0.2) is 27.2 Å². The Morgan fingerprint density at radius 2 is 1.72 bits per heavy atom. The highest BCUT2D eigenvalue weighted by Gasteiger charge is 2.15. The molecule has 0 saturated heterocycles. The van der Waals surface area contributed by atoms with Crippen molar-refractivity contribution in [2.45, 2.75) is 13.0 Å². The molecule has 0 radical (unpaired) electrons. The number of benzene rings is 2. The van der Waals surface area contributed by atoms with Crippen LogP contribution in [0.15, 0.2) is 30.3 Å². The molecule has 1 N–H and O–H groups in total. The van der Waals surface area contributed by atoms with Crippen LogP contribution in [0.5, 0.6) is 17.2 Å². The van der Waals surface area contributed by atoms with Crippen molar-refractivity contribution < 1.29 is 23.4 Å². The summed E-state index contributed by atoms with van der Waals surface area (Å²) in [6.45, 7) is 0.189. The van der Waals surface area contributed by atoms with Crippen molar-refractivity contribution in [1.82, 2.24) is 5.32 Å². The van der Waals surface area contributed by atoms with Gasteiger partial charge >= 0.3 is 0 Å². The minimum absolute atomic E-state index is 0.152. The molecule has 0 bridgehead atoms. The molecule has 0 aliphatic rings. The molecule has 0 aromatic heterocycles. The van der Waals surface area contributed by atoms with E-state index in [4.69, 9.17) is 25.8 Å². The summed E-state index contributed by atoms with van der Waals surface area (Å²) >= 11 is 5.94. The quantitative estimate of drug-likeness (QED) is 0.815. The number of halogens is 2. The first kappa shape index (κ1) is 18.9. The fraction of sp³-hybridized carbons (Fsp3) is 0.278. The first-order valence-electron chi connectivity index (χ1n) is 7.48. The molecule has 2 aromatic rings. The second kappa shape index (κ2) is 8.58. The maximum Gasteiger partial charge on any atom is 0.224 e. The Hall–Kier alpha value is -2.47. The molecule has 1 amide bonds. The van der Waals surface area contributed by atoms with Crippen LogP contribution in [0, 0.1) is 5.82 Å². The Morgan fingerprint density at radius 1 is 1.08 bits per heavy atom. The number of hydrogen-bond donors (Lipinski definition) is 1. The van der Waals surface area contributed by atoms with Gasteiger partial charge in [-0.3, -0.25) is 4.79 Å². The van der Waals surface area contributed by atoms with Crippen molar-refractivity contribution in [2.75, 3.05) is 21.3 Å². The van der Waals surface area contributed by atoms with E-state index in [1.54, 1.807) is 18.2 Å². The summed E-state index contributed by atoms with van der Waals surface area (Å²) in [5.41, 5.74) is 0.870. The van der Waals surface area contributed by atoms with E-state index in [2.05, 4.69) is 5.32 Å². The van der Waals surface area contributed by atoms with Crippen molar-refractivity contribution in [3.63, 3.8) is 0 Å². The van der Waals surface area contributed by atoms with Crippen LogP contribution in [-0.2, 0) is 17.8 Å². The van der Waals surface area contributed by atoms with Gasteiger partial charge in [0.05, 0.1) is 27.8 Å². The molecule has 0 saturated carbocycles. The molecule has 0 unspecified atom stereocenters. The van der Waals surface area contributed by atoms with Gasteiger partial charge in [-0.25, -0.2) is 4.39 Å². The second-order valence-electron chi connectivity index (χ2n) is 5.17. The third kappa shape index (κ3) is 4.54. The van der Waals surface area contributed by atoms with Crippen molar-refractivity contribution in [3.8, 4) is 17.2 Å². The molecule has 5 nitrogen and oxygen atoms in total. The summed E-state index contributed by atoms with van der Waals surface area (Å²) in [6, 6.07) is 7.70. The summed E-state index contributed by atoms with van der Waals surface area (Å²) < 4.78 is 29.5. The van der Waals surface area contributed by atoms with Crippen LogP contribution < -0.4 is 19.5 Å². The second-order valence-corrected chi connectivity index (χ2v) is 5.58. The van der Waals surface area contributed by atoms with Gasteiger partial charge in [-0.1, -0.05) is 17.7 Å². The Balaban J connectivity index is 2.11. The Bertz CT molecular complexity index is 747. The number of nitrogens with one attached hydrogen (secondary N) is 1. The van der Waals surface area contributed by atoms with E-state index in [9.17, 15) is 9.18 Å². The molecule has 7 heteroatoms. The van der Waals surface area contributed by atoms with Gasteiger partial charge in [-0.15, -0.1) is 0 Å². The molecule has 0 atom stereocenters. The first-order valence-corrected chi connectivity index (χ1v) is 7.86. The van der Waals surface area contributed by atoms with E-state index in [1.165, 1.54) is 33.5 Å². The van der Waals surface area contributed by atoms with Crippen LogP contribution in [0.3, 0.4) is 0 Å². The Morgan fingerprint density at radius 3 is 2.32 bits per heavy atom. The van der Waals surface area contributed by atoms with Crippen LogP contribution >= 0.6 is 11.6 Å². The number of ether oxygens (including phenoxy) is 3. The summed E-state index contributed by atoms with van der Waals surface area (Å²) in [4.78, 5) is 12.1. The molecule has 134 valence electrons. The topological polar surface area (TPSA) is 56.8 Å². The number of rotatable bonds is 7. The molecular weight excluding hydrogens is 349 g/mol. The smallest absolute Gasteiger partial charge is 0.224 e. The zero-order chi connectivity index (χ0) is 18.4. The number of methoxy groups -OCH3 is 3. The van der Waals surface area contributed by atoms with E-state index >= 15 is 0 Å². The lowest BCUT2D eigenvalue weighted by Gasteiger charge is -2.14. The van der Waals surface area contributed by atoms with Gasteiger partial charge in [0.15, 0.2) is 11.5 Å². The lowest BCUT2D eigenvalue weighted by molar-refractivity contribution is -0.120. The van der Waals surface area contributed by atoms with Gasteiger partial charge in [0, 0.05) is 28.8 Å². The molecule has 0 fully saturated rings. The number of carbonyl (C=O) groups excluding carboxylic acids is 1. The SMILES string of the molecule is COc1cc(OC)c(OC)cc1CNC(=O)Cc1c(F)cccc1Cl. The van der Waals surface area contributed by atoms with Crippen molar-refractivity contribution in [3.05, 3.63) is 52.3 Å². The van der Waals surface area contributed by atoms with Crippen LogP contribution in [0.1, 0.15) is 11.1 Å². The highest BCUT2D eigenvalue weighted by molar-refractivity contribution is 6.31. The standard InChI is InChI=1S/C18H19ClFNO4/c1-23-15-9-17(25-3)16(24-2)7-11(15)10-21-18(22)8-12-13(19)5-4-6-14(12)20/h4-7,9H,8,10H2,1-3H3,(H,21,22). The predicted octanol–water partition coefficient (Wildman–Crippen LogP) is 3.36. The van der Waals surface area contributed by atoms with Gasteiger partial charge in [0.2, 0.25) is 5.91 Å². The van der Waals surface area contributed by atoms with Gasteiger partial charge in [0.25, 0.3) is 0 Å². The maximum absolute atomic E-state index is 13.8. The van der Waals surface area contributed by atoms with Gasteiger partial charge in [-0.2, -0.15) is 0 Å². The van der Waals surface area contributed by atoms with Gasteiger partial charge in [0.1, 0.15) is 11.6 Å². The molecule has 2 rings (SSSR count). The summed E-state index contributed by atoms with van der Waals surface area (Å²) in [5.74, 6) is 0.717. The van der Waals surface area contributed by atoms with Crippen molar-refractivity contribution in [2.24, 2.45) is 0 Å². The Labute approximate surface area is 150 Å². The van der Waals surface area contributed by atoms with Crippen LogP contribution in [0.4, 0.5) is 4.39 Å². The normalized spacial score (nSPS) is 10.3. The molecule has 0 spiro atoms. The summed E-state index contributed by atoms with van der Waals surface area (Å²) in [5, 5.41) is 2.95. The van der Waals surface area contributed by atoms with E-state index in [-0.39, 0.29) is 29.5 Å². The van der Waals surface area contributed by atoms with E-state index in [1.807, 2.05) is 0 Å². The van der Waals surface area contributed by atoms with E-state index in [0.29, 0.717) is 22.8 Å². The minimum Gasteiger partial charge on any atom is -0.496 e. The highest BCUT2D eigenvalue weighted by atomic mass is 35.5. The maximum atomic E-state index is 13.8. The van der Waals surface area contributed by atoms with Crippen molar-refractivity contribution in [1.29, 1.82) is 0 Å². The molecular formula is C18H19ClFNO4. The Kier molecular flexibility index (Phi) is 6.47. The molecule has 25 heavy (non-hydrogen) atoms. The summed E-state index contributed by atoms with van der Waals surface area (Å²) in [6.07, 6.45) is -0.152. The van der Waals surface area contributed by atoms with Gasteiger partial charge < -0.3 is 19.5 Å². The fourth-order valence-corrected chi connectivity index (χ4v) is 2.58. The first-order chi connectivity index (χ1) is 12.0.